The fourth-order valence-electron chi connectivity index (χ4n) is 4.88. The maximum Gasteiger partial charge on any atom is 0.261 e. The van der Waals surface area contributed by atoms with Gasteiger partial charge in [-0.05, 0) is 39.2 Å². The number of thioether (sulfide) groups is 1. The van der Waals surface area contributed by atoms with Gasteiger partial charge in [-0.2, -0.15) is 0 Å². The van der Waals surface area contributed by atoms with E-state index in [2.05, 4.69) is 15.5 Å². The lowest BCUT2D eigenvalue weighted by atomic mass is 10.0. The average Bonchev–Trinajstić information content (AvgIpc) is 3.52. The molecule has 1 aromatic heterocycles. The zero-order chi connectivity index (χ0) is 27.6. The summed E-state index contributed by atoms with van der Waals surface area (Å²) in [6.45, 7) is 0.166. The van der Waals surface area contributed by atoms with Crippen molar-refractivity contribution in [2.75, 3.05) is 5.75 Å². The van der Waals surface area contributed by atoms with Crippen molar-refractivity contribution in [2.24, 2.45) is 7.05 Å². The molecule has 40 heavy (non-hydrogen) atoms. The van der Waals surface area contributed by atoms with Gasteiger partial charge < -0.3 is 14.6 Å². The Morgan fingerprint density at radius 3 is 2.17 bits per heavy atom. The fraction of sp³-hybridized carbons (Fsp3) is 0.276. The average molecular weight is 558 g/mol. The minimum Gasteiger partial charge on any atom is -0.392 e. The molecule has 3 atom stereocenters. The molecule has 204 valence electrons. The zero-order valence-corrected chi connectivity index (χ0v) is 22.5. The zero-order valence-electron chi connectivity index (χ0n) is 21.7. The van der Waals surface area contributed by atoms with Crippen molar-refractivity contribution < 1.29 is 24.2 Å². The van der Waals surface area contributed by atoms with Gasteiger partial charge in [0.15, 0.2) is 6.29 Å². The van der Waals surface area contributed by atoms with Crippen LogP contribution in [-0.4, -0.2) is 53.9 Å². The van der Waals surface area contributed by atoms with Crippen LogP contribution in [0.3, 0.4) is 0 Å². The number of carbonyl (C=O) groups excluding carboxylic acids is 2. The highest BCUT2D eigenvalue weighted by molar-refractivity contribution is 7.99. The number of hydrogen-bond donors (Lipinski definition) is 1. The first-order valence-corrected chi connectivity index (χ1v) is 13.9. The number of carbonyl (C=O) groups is 2. The third-order valence-corrected chi connectivity index (χ3v) is 8.21. The van der Waals surface area contributed by atoms with Crippen molar-refractivity contribution in [2.45, 2.75) is 43.2 Å². The molecule has 3 heterocycles. The maximum absolute atomic E-state index is 12.8. The minimum atomic E-state index is -0.618. The van der Waals surface area contributed by atoms with Crippen LogP contribution in [0.25, 0.3) is 0 Å². The minimum absolute atomic E-state index is 0.0183. The molecule has 2 aliphatic rings. The molecule has 1 fully saturated rings. The Morgan fingerprint density at radius 1 is 0.900 bits per heavy atom. The van der Waals surface area contributed by atoms with E-state index in [-0.39, 0.29) is 37.2 Å². The lowest BCUT2D eigenvalue weighted by molar-refractivity contribution is -0.245. The topological polar surface area (TPSA) is 120 Å². The normalized spacial score (nSPS) is 20.6. The third-order valence-electron chi connectivity index (χ3n) is 7.07. The van der Waals surface area contributed by atoms with Gasteiger partial charge in [-0.25, -0.2) is 4.68 Å². The molecule has 0 bridgehead atoms. The molecule has 3 unspecified atom stereocenters. The molecule has 0 aliphatic carbocycles. The molecule has 0 spiro atoms. The van der Waals surface area contributed by atoms with Gasteiger partial charge in [-0.3, -0.25) is 14.5 Å². The fourth-order valence-corrected chi connectivity index (χ4v) is 5.75. The number of aliphatic hydroxyl groups is 1. The van der Waals surface area contributed by atoms with Gasteiger partial charge in [-0.15, -0.1) is 5.10 Å². The lowest BCUT2D eigenvalue weighted by Gasteiger charge is -2.36. The number of aromatic nitrogens is 4. The summed E-state index contributed by atoms with van der Waals surface area (Å²) in [4.78, 5) is 26.8. The molecule has 0 saturated carbocycles. The predicted octanol–water partition coefficient (Wildman–Crippen LogP) is 3.84. The van der Waals surface area contributed by atoms with E-state index in [0.29, 0.717) is 28.5 Å². The summed E-state index contributed by atoms with van der Waals surface area (Å²) in [5.74, 6) is 0.0752. The monoisotopic (exact) mass is 557 g/mol. The van der Waals surface area contributed by atoms with Crippen LogP contribution in [-0.2, 0) is 29.7 Å². The van der Waals surface area contributed by atoms with E-state index < -0.39 is 6.29 Å². The van der Waals surface area contributed by atoms with E-state index in [1.807, 2.05) is 48.5 Å². The highest BCUT2D eigenvalue weighted by Crippen LogP contribution is 2.39. The summed E-state index contributed by atoms with van der Waals surface area (Å²) in [6, 6.07) is 22.2. The van der Waals surface area contributed by atoms with E-state index in [9.17, 15) is 14.7 Å². The molecule has 0 radical (unpaired) electrons. The van der Waals surface area contributed by atoms with Crippen LogP contribution in [0, 0.1) is 0 Å². The van der Waals surface area contributed by atoms with Gasteiger partial charge in [0.1, 0.15) is 0 Å². The summed E-state index contributed by atoms with van der Waals surface area (Å²) in [7, 11) is 1.80. The molecule has 3 aromatic carbocycles. The van der Waals surface area contributed by atoms with Crippen LogP contribution in [0.15, 0.2) is 78.0 Å². The number of tetrazole rings is 1. The smallest absolute Gasteiger partial charge is 0.261 e. The van der Waals surface area contributed by atoms with Crippen LogP contribution in [0.5, 0.6) is 0 Å². The number of fused-ring (bicyclic) bond motifs is 1. The summed E-state index contributed by atoms with van der Waals surface area (Å²) in [6.07, 6.45) is -0.327. The van der Waals surface area contributed by atoms with Gasteiger partial charge in [0.2, 0.25) is 5.16 Å². The first-order chi connectivity index (χ1) is 19.5. The van der Waals surface area contributed by atoms with Crippen LogP contribution in [0.4, 0.5) is 0 Å². The van der Waals surface area contributed by atoms with Crippen molar-refractivity contribution in [3.8, 4) is 0 Å². The van der Waals surface area contributed by atoms with E-state index in [0.717, 1.165) is 22.3 Å². The molecular weight excluding hydrogens is 530 g/mol. The van der Waals surface area contributed by atoms with E-state index >= 15 is 0 Å². The molecule has 2 aliphatic heterocycles. The second-order valence-corrected chi connectivity index (χ2v) is 10.7. The molecule has 11 heteroatoms. The molecule has 1 saturated heterocycles. The Morgan fingerprint density at radius 2 is 1.55 bits per heavy atom. The van der Waals surface area contributed by atoms with Gasteiger partial charge in [0, 0.05) is 24.8 Å². The SMILES string of the molecule is Cn1nnnc1SCC1CC(c2ccc(CO)cc2)OC(c2ccc(CN3C(=O)c4ccccc4C3=O)cc2)O1. The summed E-state index contributed by atoms with van der Waals surface area (Å²) < 4.78 is 14.4. The summed E-state index contributed by atoms with van der Waals surface area (Å²) in [5, 5.41) is 21.8. The van der Waals surface area contributed by atoms with Crippen molar-refractivity contribution in [3.63, 3.8) is 0 Å². The Balaban J connectivity index is 1.18. The van der Waals surface area contributed by atoms with E-state index in [1.54, 1.807) is 36.0 Å². The number of ether oxygens (including phenoxy) is 2. The Labute approximate surface area is 234 Å². The van der Waals surface area contributed by atoms with Gasteiger partial charge in [-0.1, -0.05) is 72.4 Å². The first kappa shape index (κ1) is 26.3. The summed E-state index contributed by atoms with van der Waals surface area (Å²) in [5.41, 5.74) is 4.37. The van der Waals surface area contributed by atoms with Gasteiger partial charge in [0.05, 0.1) is 36.5 Å². The number of amides is 2. The van der Waals surface area contributed by atoms with Crippen LogP contribution in [0.1, 0.15) is 61.8 Å². The Hall–Kier alpha value is -3.90. The quantitative estimate of drug-likeness (QED) is 0.255. The first-order valence-electron chi connectivity index (χ1n) is 12.9. The van der Waals surface area contributed by atoms with Crippen molar-refractivity contribution in [1.82, 2.24) is 25.1 Å². The predicted molar refractivity (Wildman–Crippen MR) is 145 cm³/mol. The standard InChI is InChI=1S/C29H27N5O5S/c1-33-29(30-31-32-33)40-17-22-14-25(20-10-8-19(16-35)9-11-20)39-28(38-22)21-12-6-18(7-13-21)15-34-26(36)23-4-2-3-5-24(23)27(34)37/h2-13,22,25,28,35H,14-17H2,1H3. The molecule has 2 amide bonds. The second-order valence-electron chi connectivity index (χ2n) is 9.73. The number of rotatable bonds is 8. The van der Waals surface area contributed by atoms with E-state index in [4.69, 9.17) is 9.47 Å². The van der Waals surface area contributed by atoms with Crippen LogP contribution < -0.4 is 0 Å². The van der Waals surface area contributed by atoms with Gasteiger partial charge >= 0.3 is 0 Å². The van der Waals surface area contributed by atoms with Crippen LogP contribution >= 0.6 is 11.8 Å². The largest absolute Gasteiger partial charge is 0.392 e. The van der Waals surface area contributed by atoms with Crippen molar-refractivity contribution in [3.05, 3.63) is 106 Å². The number of aryl methyl sites for hydroxylation is 1. The Bertz CT molecular complexity index is 1490. The number of aliphatic hydroxyl groups excluding tert-OH is 1. The van der Waals surface area contributed by atoms with Gasteiger partial charge in [0.25, 0.3) is 11.8 Å². The highest BCUT2D eigenvalue weighted by atomic mass is 32.2. The molecular formula is C29H27N5O5S. The second kappa shape index (κ2) is 11.3. The lowest BCUT2D eigenvalue weighted by Crippen LogP contribution is -2.31. The maximum atomic E-state index is 12.8. The molecule has 4 aromatic rings. The number of benzene rings is 3. The number of imide groups is 1. The number of nitrogens with zero attached hydrogens (tertiary/aromatic N) is 5. The molecule has 1 N–H and O–H groups in total. The summed E-state index contributed by atoms with van der Waals surface area (Å²) >= 11 is 1.52. The Kier molecular flexibility index (Phi) is 7.44. The van der Waals surface area contributed by atoms with Crippen molar-refractivity contribution in [1.29, 1.82) is 0 Å². The van der Waals surface area contributed by atoms with Crippen molar-refractivity contribution >= 4 is 23.6 Å². The number of hydrogen-bond acceptors (Lipinski definition) is 9. The molecule has 10 nitrogen and oxygen atoms in total. The third kappa shape index (κ3) is 5.28. The highest BCUT2D eigenvalue weighted by Gasteiger charge is 2.35. The van der Waals surface area contributed by atoms with E-state index in [1.165, 1.54) is 16.7 Å². The molecule has 6 rings (SSSR count). The van der Waals surface area contributed by atoms with Crippen LogP contribution in [0.2, 0.25) is 0 Å².